The third kappa shape index (κ3) is 3.86. The summed E-state index contributed by atoms with van der Waals surface area (Å²) in [4.78, 5) is 5.26. The van der Waals surface area contributed by atoms with Crippen LogP contribution in [0.4, 0.5) is 32.2 Å². The highest BCUT2D eigenvalue weighted by Crippen LogP contribution is 2.40. The monoisotopic (exact) mass is 493 g/mol. The van der Waals surface area contributed by atoms with Crippen LogP contribution in [0.15, 0.2) is 17.0 Å². The molecular weight excluding hydrogens is 487 g/mol. The molecule has 3 aromatic rings. The molecule has 0 atom stereocenters. The maximum atomic E-state index is 13.4. The molecule has 1 aromatic carbocycles. The smallest absolute Gasteiger partial charge is 0.383 e. The number of alkyl halides is 6. The summed E-state index contributed by atoms with van der Waals surface area (Å²) in [5.74, 6) is -2.88. The van der Waals surface area contributed by atoms with E-state index in [0.29, 0.717) is 4.68 Å². The second-order valence-electron chi connectivity index (χ2n) is 5.89. The van der Waals surface area contributed by atoms with Crippen molar-refractivity contribution in [3.8, 4) is 5.69 Å². The quantitative estimate of drug-likeness (QED) is 0.538. The Labute approximate surface area is 173 Å². The van der Waals surface area contributed by atoms with E-state index in [0.717, 1.165) is 18.4 Å². The van der Waals surface area contributed by atoms with E-state index in [9.17, 15) is 34.8 Å². The number of fused-ring (bicyclic) bond motifs is 1. The molecule has 0 aliphatic carbocycles. The SMILES string of the molecule is CS(=O)(=O)c1cc(Cl)c(-n2nc3nc(C(F)(F)F)nc(C(F)(F)F)c3c2N)c(Cl)c1. The van der Waals surface area contributed by atoms with Gasteiger partial charge in [-0.1, -0.05) is 23.2 Å². The fourth-order valence-electron chi connectivity index (χ4n) is 2.47. The molecule has 0 bridgehead atoms. The maximum absolute atomic E-state index is 13.4. The van der Waals surface area contributed by atoms with Crippen molar-refractivity contribution < 1.29 is 34.8 Å². The van der Waals surface area contributed by atoms with Gasteiger partial charge in [0.05, 0.1) is 20.3 Å². The van der Waals surface area contributed by atoms with Gasteiger partial charge in [0.2, 0.25) is 5.82 Å². The Morgan fingerprint density at radius 1 is 1.00 bits per heavy atom. The minimum Gasteiger partial charge on any atom is -0.383 e. The topological polar surface area (TPSA) is 104 Å². The molecule has 0 saturated heterocycles. The number of halogens is 8. The Morgan fingerprint density at radius 2 is 1.53 bits per heavy atom. The molecule has 0 amide bonds. The number of hydrogen-bond donors (Lipinski definition) is 1. The van der Waals surface area contributed by atoms with E-state index in [1.54, 1.807) is 0 Å². The first kappa shape index (κ1) is 22.4. The number of nitrogens with two attached hydrogens (primary N) is 1. The van der Waals surface area contributed by atoms with Crippen molar-refractivity contribution in [2.45, 2.75) is 17.2 Å². The summed E-state index contributed by atoms with van der Waals surface area (Å²) in [7, 11) is -3.76. The van der Waals surface area contributed by atoms with E-state index in [4.69, 9.17) is 28.9 Å². The first-order valence-electron chi connectivity index (χ1n) is 7.42. The fraction of sp³-hybridized carbons (Fsp3) is 0.214. The van der Waals surface area contributed by atoms with Gasteiger partial charge in [0.25, 0.3) is 0 Å². The molecule has 2 aromatic heterocycles. The summed E-state index contributed by atoms with van der Waals surface area (Å²) in [6.45, 7) is 0. The van der Waals surface area contributed by atoms with Gasteiger partial charge in [-0.2, -0.15) is 26.3 Å². The highest BCUT2D eigenvalue weighted by atomic mass is 35.5. The van der Waals surface area contributed by atoms with E-state index in [-0.39, 0.29) is 20.6 Å². The average molecular weight is 494 g/mol. The highest BCUT2D eigenvalue weighted by molar-refractivity contribution is 7.90. The summed E-state index contributed by atoms with van der Waals surface area (Å²) in [5, 5.41) is 1.78. The number of nitrogen functional groups attached to an aromatic ring is 1. The van der Waals surface area contributed by atoms with Crippen molar-refractivity contribution in [2.24, 2.45) is 0 Å². The second-order valence-corrected chi connectivity index (χ2v) is 8.72. The number of benzene rings is 1. The van der Waals surface area contributed by atoms with Crippen molar-refractivity contribution in [3.05, 3.63) is 33.7 Å². The summed E-state index contributed by atoms with van der Waals surface area (Å²) in [5.41, 5.74) is 2.37. The number of nitrogens with zero attached hydrogens (tertiary/aromatic N) is 4. The summed E-state index contributed by atoms with van der Waals surface area (Å²) >= 11 is 12.0. The Hall–Kier alpha value is -2.32. The number of sulfone groups is 1. The molecule has 3 rings (SSSR count). The normalized spacial score (nSPS) is 13.2. The predicted octanol–water partition coefficient (Wildman–Crippen LogP) is 4.15. The van der Waals surface area contributed by atoms with Gasteiger partial charge in [0.1, 0.15) is 11.5 Å². The molecule has 0 aliphatic rings. The van der Waals surface area contributed by atoms with E-state index in [2.05, 4.69) is 15.1 Å². The summed E-state index contributed by atoms with van der Waals surface area (Å²) < 4.78 is 103. The van der Waals surface area contributed by atoms with Gasteiger partial charge >= 0.3 is 12.4 Å². The zero-order chi connectivity index (χ0) is 22.8. The minimum absolute atomic E-state index is 0.313. The number of anilines is 1. The first-order chi connectivity index (χ1) is 13.5. The van der Waals surface area contributed by atoms with Crippen molar-refractivity contribution in [2.75, 3.05) is 12.0 Å². The standard InChI is InChI=1S/C14H7Cl2F6N5O2S/c1-30(28,29)4-2-5(15)8(6(16)3-4)27-10(23)7-9(13(17,18)19)24-12(14(20,21)22)25-11(7)26-27/h2-3H,23H2,1H3. The van der Waals surface area contributed by atoms with Crippen LogP contribution in [0.25, 0.3) is 16.7 Å². The second kappa shape index (κ2) is 6.85. The van der Waals surface area contributed by atoms with Crippen LogP contribution in [0.3, 0.4) is 0 Å². The number of aromatic nitrogens is 4. The van der Waals surface area contributed by atoms with Gasteiger partial charge in [0, 0.05) is 6.26 Å². The van der Waals surface area contributed by atoms with Crippen molar-refractivity contribution >= 4 is 49.9 Å². The van der Waals surface area contributed by atoms with Gasteiger partial charge in [-0.25, -0.2) is 23.1 Å². The minimum atomic E-state index is -5.32. The Morgan fingerprint density at radius 3 is 1.97 bits per heavy atom. The van der Waals surface area contributed by atoms with E-state index >= 15 is 0 Å². The van der Waals surface area contributed by atoms with Crippen molar-refractivity contribution in [1.29, 1.82) is 0 Å². The van der Waals surface area contributed by atoms with Crippen LogP contribution >= 0.6 is 23.2 Å². The Balaban J connectivity index is 2.39. The summed E-state index contributed by atoms with van der Waals surface area (Å²) in [6.07, 6.45) is -9.76. The highest BCUT2D eigenvalue weighted by Gasteiger charge is 2.43. The van der Waals surface area contributed by atoms with Crippen LogP contribution in [0.2, 0.25) is 10.0 Å². The molecule has 16 heteroatoms. The van der Waals surface area contributed by atoms with Crippen LogP contribution in [0.5, 0.6) is 0 Å². The largest absolute Gasteiger partial charge is 0.451 e. The number of rotatable bonds is 2. The van der Waals surface area contributed by atoms with E-state index in [1.165, 1.54) is 0 Å². The molecule has 0 aliphatic heterocycles. The van der Waals surface area contributed by atoms with Crippen molar-refractivity contribution in [1.82, 2.24) is 19.7 Å². The molecule has 0 saturated carbocycles. The van der Waals surface area contributed by atoms with Crippen LogP contribution in [0.1, 0.15) is 11.5 Å². The molecule has 2 heterocycles. The van der Waals surface area contributed by atoms with Crippen LogP contribution in [0, 0.1) is 0 Å². The molecule has 30 heavy (non-hydrogen) atoms. The molecule has 2 N–H and O–H groups in total. The predicted molar refractivity (Wildman–Crippen MR) is 94.2 cm³/mol. The van der Waals surface area contributed by atoms with Crippen LogP contribution < -0.4 is 5.73 Å². The van der Waals surface area contributed by atoms with Crippen LogP contribution in [-0.4, -0.2) is 34.4 Å². The van der Waals surface area contributed by atoms with E-state index in [1.807, 2.05) is 0 Å². The molecule has 0 spiro atoms. The van der Waals surface area contributed by atoms with Crippen LogP contribution in [-0.2, 0) is 22.2 Å². The van der Waals surface area contributed by atoms with Gasteiger partial charge in [-0.05, 0) is 12.1 Å². The molecule has 7 nitrogen and oxygen atoms in total. The number of hydrogen-bond acceptors (Lipinski definition) is 6. The van der Waals surface area contributed by atoms with Gasteiger partial charge in [-0.3, -0.25) is 0 Å². The average Bonchev–Trinajstić information content (AvgIpc) is 2.87. The molecule has 0 unspecified atom stereocenters. The fourth-order valence-corrected chi connectivity index (χ4v) is 3.91. The molecular formula is C14H7Cl2F6N5O2S. The first-order valence-corrected chi connectivity index (χ1v) is 10.1. The lowest BCUT2D eigenvalue weighted by Gasteiger charge is -2.11. The van der Waals surface area contributed by atoms with Gasteiger partial charge in [-0.15, -0.1) is 5.10 Å². The maximum Gasteiger partial charge on any atom is 0.451 e. The van der Waals surface area contributed by atoms with Crippen molar-refractivity contribution in [3.63, 3.8) is 0 Å². The third-order valence-electron chi connectivity index (χ3n) is 3.72. The zero-order valence-corrected chi connectivity index (χ0v) is 16.6. The lowest BCUT2D eigenvalue weighted by Crippen LogP contribution is -2.17. The van der Waals surface area contributed by atoms with Gasteiger partial charge in [0.15, 0.2) is 21.2 Å². The lowest BCUT2D eigenvalue weighted by molar-refractivity contribution is -0.151. The van der Waals surface area contributed by atoms with Gasteiger partial charge < -0.3 is 5.73 Å². The van der Waals surface area contributed by atoms with E-state index < -0.39 is 50.6 Å². The zero-order valence-electron chi connectivity index (χ0n) is 14.3. The Kier molecular flexibility index (Phi) is 5.11. The molecule has 0 radical (unpaired) electrons. The Bertz CT molecular complexity index is 1260. The third-order valence-corrected chi connectivity index (χ3v) is 5.39. The summed E-state index contributed by atoms with van der Waals surface area (Å²) in [6, 6.07) is 1.86. The molecule has 0 fully saturated rings. The lowest BCUT2D eigenvalue weighted by atomic mass is 10.2. The molecule has 162 valence electrons.